The molecule has 1 fully saturated rings. The quantitative estimate of drug-likeness (QED) is 0.818. The molecule has 1 saturated heterocycles. The van der Waals surface area contributed by atoms with Gasteiger partial charge in [0, 0.05) is 11.8 Å². The minimum atomic E-state index is -0.794. The van der Waals surface area contributed by atoms with E-state index in [0.29, 0.717) is 6.42 Å². The zero-order chi connectivity index (χ0) is 13.4. The summed E-state index contributed by atoms with van der Waals surface area (Å²) in [5, 5.41) is 20.3. The smallest absolute Gasteiger partial charge is 0.103 e. The van der Waals surface area contributed by atoms with E-state index in [1.54, 1.807) is 0 Å². The summed E-state index contributed by atoms with van der Waals surface area (Å²) in [5.41, 5.74) is 2.90. The van der Waals surface area contributed by atoms with Crippen molar-refractivity contribution in [2.45, 2.75) is 31.7 Å². The Kier molecular flexibility index (Phi) is 3.22. The molecule has 3 atom stereocenters. The summed E-state index contributed by atoms with van der Waals surface area (Å²) < 4.78 is 5.58. The molecule has 0 spiro atoms. The third-order valence-electron chi connectivity index (χ3n) is 3.64. The zero-order valence-electron chi connectivity index (χ0n) is 10.8. The van der Waals surface area contributed by atoms with Crippen molar-refractivity contribution >= 4 is 10.9 Å². The molecule has 100 valence electrons. The molecule has 0 unspecified atom stereocenters. The first-order chi connectivity index (χ1) is 9.15. The SMILES string of the molecule is Cc1cc([C@H]2C[C@H](O)[C@H](O)CO2)nc2ccccc12. The fraction of sp³-hybridized carbons (Fsp3) is 0.400. The molecule has 1 aliphatic rings. The number of fused-ring (bicyclic) bond motifs is 1. The van der Waals surface area contributed by atoms with Gasteiger partial charge in [-0.3, -0.25) is 4.98 Å². The molecule has 19 heavy (non-hydrogen) atoms. The van der Waals surface area contributed by atoms with E-state index in [9.17, 15) is 10.2 Å². The van der Waals surface area contributed by atoms with Gasteiger partial charge in [0.1, 0.15) is 12.2 Å². The van der Waals surface area contributed by atoms with Gasteiger partial charge in [0.2, 0.25) is 0 Å². The number of aliphatic hydroxyl groups is 2. The Bertz CT molecular complexity index is 599. The van der Waals surface area contributed by atoms with Crippen molar-refractivity contribution in [3.05, 3.63) is 41.6 Å². The van der Waals surface area contributed by atoms with Gasteiger partial charge >= 0.3 is 0 Å². The van der Waals surface area contributed by atoms with Crippen LogP contribution in [0.4, 0.5) is 0 Å². The zero-order valence-corrected chi connectivity index (χ0v) is 10.8. The number of aromatic nitrogens is 1. The third-order valence-corrected chi connectivity index (χ3v) is 3.64. The maximum Gasteiger partial charge on any atom is 0.103 e. The second-order valence-corrected chi connectivity index (χ2v) is 5.07. The second kappa shape index (κ2) is 4.89. The molecule has 4 nitrogen and oxygen atoms in total. The van der Waals surface area contributed by atoms with Crippen LogP contribution in [0.5, 0.6) is 0 Å². The maximum absolute atomic E-state index is 9.73. The number of pyridine rings is 1. The van der Waals surface area contributed by atoms with E-state index in [-0.39, 0.29) is 12.7 Å². The second-order valence-electron chi connectivity index (χ2n) is 5.07. The summed E-state index contributed by atoms with van der Waals surface area (Å²) in [7, 11) is 0. The van der Waals surface area contributed by atoms with Crippen molar-refractivity contribution in [3.8, 4) is 0 Å². The lowest BCUT2D eigenvalue weighted by molar-refractivity contribution is -0.123. The van der Waals surface area contributed by atoms with Crippen LogP contribution in [-0.4, -0.2) is 34.0 Å². The Morgan fingerprint density at radius 2 is 2.00 bits per heavy atom. The van der Waals surface area contributed by atoms with Gasteiger partial charge in [0.25, 0.3) is 0 Å². The number of rotatable bonds is 1. The van der Waals surface area contributed by atoms with Gasteiger partial charge in [-0.25, -0.2) is 0 Å². The molecule has 1 aromatic carbocycles. The molecule has 0 saturated carbocycles. The van der Waals surface area contributed by atoms with E-state index >= 15 is 0 Å². The van der Waals surface area contributed by atoms with Crippen molar-refractivity contribution < 1.29 is 14.9 Å². The molecule has 0 aliphatic carbocycles. The lowest BCUT2D eigenvalue weighted by Gasteiger charge is -2.30. The highest BCUT2D eigenvalue weighted by atomic mass is 16.5. The Morgan fingerprint density at radius 3 is 2.79 bits per heavy atom. The van der Waals surface area contributed by atoms with Gasteiger partial charge in [-0.15, -0.1) is 0 Å². The Hall–Kier alpha value is -1.49. The number of aryl methyl sites for hydroxylation is 1. The highest BCUT2D eigenvalue weighted by Gasteiger charge is 2.30. The molecule has 4 heteroatoms. The predicted octanol–water partition coefficient (Wildman–Crippen LogP) is 1.73. The largest absolute Gasteiger partial charge is 0.390 e. The normalized spacial score (nSPS) is 27.6. The lowest BCUT2D eigenvalue weighted by Crippen LogP contribution is -2.38. The van der Waals surface area contributed by atoms with E-state index in [4.69, 9.17) is 4.74 Å². The van der Waals surface area contributed by atoms with E-state index in [0.717, 1.165) is 22.2 Å². The molecular formula is C15H17NO3. The summed E-state index contributed by atoms with van der Waals surface area (Å²) >= 11 is 0. The highest BCUT2D eigenvalue weighted by Crippen LogP contribution is 2.29. The summed E-state index contributed by atoms with van der Waals surface area (Å²) in [5.74, 6) is 0. The minimum Gasteiger partial charge on any atom is -0.390 e. The van der Waals surface area contributed by atoms with Crippen molar-refractivity contribution in [1.82, 2.24) is 4.98 Å². The number of nitrogens with zero attached hydrogens (tertiary/aromatic N) is 1. The number of hydrogen-bond donors (Lipinski definition) is 2. The van der Waals surface area contributed by atoms with Crippen molar-refractivity contribution in [3.63, 3.8) is 0 Å². The molecule has 3 rings (SSSR count). The average molecular weight is 259 g/mol. The lowest BCUT2D eigenvalue weighted by atomic mass is 9.99. The first-order valence-corrected chi connectivity index (χ1v) is 6.49. The van der Waals surface area contributed by atoms with Gasteiger partial charge in [-0.2, -0.15) is 0 Å². The number of hydrogen-bond acceptors (Lipinski definition) is 4. The fourth-order valence-electron chi connectivity index (χ4n) is 2.52. The molecule has 0 amide bonds. The Labute approximate surface area is 111 Å². The van der Waals surface area contributed by atoms with Crippen LogP contribution in [0.3, 0.4) is 0 Å². The number of para-hydroxylation sites is 1. The van der Waals surface area contributed by atoms with Gasteiger partial charge in [0.15, 0.2) is 0 Å². The summed E-state index contributed by atoms with van der Waals surface area (Å²) in [6.45, 7) is 2.20. The monoisotopic (exact) mass is 259 g/mol. The molecular weight excluding hydrogens is 242 g/mol. The number of benzene rings is 1. The van der Waals surface area contributed by atoms with Gasteiger partial charge in [-0.05, 0) is 24.6 Å². The standard InChI is InChI=1S/C15H17NO3/c1-9-6-12(15-7-13(17)14(18)8-19-15)16-11-5-3-2-4-10(9)11/h2-6,13-15,17-18H,7-8H2,1H3/t13-,14+,15+/m0/s1. The molecule has 1 aromatic heterocycles. The van der Waals surface area contributed by atoms with Crippen LogP contribution in [-0.2, 0) is 4.74 Å². The predicted molar refractivity (Wildman–Crippen MR) is 71.8 cm³/mol. The minimum absolute atomic E-state index is 0.152. The van der Waals surface area contributed by atoms with E-state index in [1.165, 1.54) is 0 Å². The fourth-order valence-corrected chi connectivity index (χ4v) is 2.52. The number of ether oxygens (including phenoxy) is 1. The summed E-state index contributed by atoms with van der Waals surface area (Å²) in [4.78, 5) is 4.60. The van der Waals surface area contributed by atoms with Crippen LogP contribution >= 0.6 is 0 Å². The van der Waals surface area contributed by atoms with Gasteiger partial charge in [0.05, 0.1) is 23.9 Å². The van der Waals surface area contributed by atoms with Crippen molar-refractivity contribution in [2.75, 3.05) is 6.61 Å². The Morgan fingerprint density at radius 1 is 1.21 bits per heavy atom. The topological polar surface area (TPSA) is 62.6 Å². The number of aliphatic hydroxyl groups excluding tert-OH is 2. The van der Waals surface area contributed by atoms with E-state index in [1.807, 2.05) is 37.3 Å². The van der Waals surface area contributed by atoms with Gasteiger partial charge < -0.3 is 14.9 Å². The summed E-state index contributed by atoms with van der Waals surface area (Å²) in [6, 6.07) is 9.96. The molecule has 0 radical (unpaired) electrons. The van der Waals surface area contributed by atoms with Crippen molar-refractivity contribution in [1.29, 1.82) is 0 Å². The third kappa shape index (κ3) is 2.34. The first kappa shape index (κ1) is 12.5. The maximum atomic E-state index is 9.73. The van der Waals surface area contributed by atoms with Crippen LogP contribution < -0.4 is 0 Å². The van der Waals surface area contributed by atoms with E-state index in [2.05, 4.69) is 4.98 Å². The highest BCUT2D eigenvalue weighted by molar-refractivity contribution is 5.82. The molecule has 2 aromatic rings. The van der Waals surface area contributed by atoms with Crippen LogP contribution in [0.25, 0.3) is 10.9 Å². The van der Waals surface area contributed by atoms with Crippen LogP contribution in [0.2, 0.25) is 0 Å². The summed E-state index contributed by atoms with van der Waals surface area (Å²) in [6.07, 6.45) is -1.40. The van der Waals surface area contributed by atoms with Gasteiger partial charge in [-0.1, -0.05) is 18.2 Å². The molecule has 2 heterocycles. The molecule has 2 N–H and O–H groups in total. The van der Waals surface area contributed by atoms with Crippen molar-refractivity contribution in [2.24, 2.45) is 0 Å². The Balaban J connectivity index is 1.97. The van der Waals surface area contributed by atoms with Crippen LogP contribution in [0.1, 0.15) is 23.8 Å². The first-order valence-electron chi connectivity index (χ1n) is 6.49. The van der Waals surface area contributed by atoms with E-state index < -0.39 is 12.2 Å². The van der Waals surface area contributed by atoms with Crippen LogP contribution in [0, 0.1) is 6.92 Å². The molecule has 0 bridgehead atoms. The van der Waals surface area contributed by atoms with Crippen LogP contribution in [0.15, 0.2) is 30.3 Å². The molecule has 1 aliphatic heterocycles. The average Bonchev–Trinajstić information content (AvgIpc) is 2.42.